The van der Waals surface area contributed by atoms with Crippen LogP contribution in [0.5, 0.6) is 11.5 Å². The molecule has 7 nitrogen and oxygen atoms in total. The number of benzene rings is 1. The van der Waals surface area contributed by atoms with E-state index in [9.17, 15) is 10.1 Å². The molecule has 0 saturated heterocycles. The molecule has 1 heterocycles. The molecular weight excluding hydrogens is 376 g/mol. The third-order valence-electron chi connectivity index (χ3n) is 3.87. The summed E-state index contributed by atoms with van der Waals surface area (Å²) in [7, 11) is 1.56. The van der Waals surface area contributed by atoms with E-state index in [-0.39, 0.29) is 5.57 Å². The van der Waals surface area contributed by atoms with E-state index in [1.807, 2.05) is 6.07 Å². The van der Waals surface area contributed by atoms with Crippen LogP contribution in [0.15, 0.2) is 23.8 Å². The van der Waals surface area contributed by atoms with E-state index < -0.39 is 5.91 Å². The second kappa shape index (κ2) is 11.0. The summed E-state index contributed by atoms with van der Waals surface area (Å²) in [6.45, 7) is 4.58. The van der Waals surface area contributed by atoms with E-state index in [0.29, 0.717) is 28.8 Å². The maximum atomic E-state index is 12.3. The fourth-order valence-corrected chi connectivity index (χ4v) is 3.02. The van der Waals surface area contributed by atoms with Gasteiger partial charge in [-0.2, -0.15) is 5.26 Å². The van der Waals surface area contributed by atoms with Crippen molar-refractivity contribution < 1.29 is 14.3 Å². The lowest BCUT2D eigenvalue weighted by molar-refractivity contribution is -0.112. The molecule has 8 heteroatoms. The van der Waals surface area contributed by atoms with Gasteiger partial charge in [0.25, 0.3) is 5.91 Å². The SMILES string of the molecule is CCCCCCOc1ccc(/C=C(/C#N)C(=O)Nc2nnc(C)s2)cc1OC. The van der Waals surface area contributed by atoms with Gasteiger partial charge in [-0.05, 0) is 37.1 Å². The van der Waals surface area contributed by atoms with Crippen molar-refractivity contribution in [3.8, 4) is 17.6 Å². The summed E-state index contributed by atoms with van der Waals surface area (Å²) < 4.78 is 11.2. The standard InChI is InChI=1S/C20H24N4O3S/c1-4-5-6-7-10-27-17-9-8-15(12-18(17)26-3)11-16(13-21)19(25)22-20-24-23-14(2)28-20/h8-9,11-12H,4-7,10H2,1-3H3,(H,22,24,25)/b16-11-. The zero-order valence-electron chi connectivity index (χ0n) is 16.3. The number of carbonyl (C=O) groups excluding carboxylic acids is 1. The molecule has 0 aliphatic heterocycles. The normalized spacial score (nSPS) is 11.0. The van der Waals surface area contributed by atoms with Crippen molar-refractivity contribution >= 4 is 28.5 Å². The summed E-state index contributed by atoms with van der Waals surface area (Å²) in [6.07, 6.45) is 5.99. The molecule has 148 valence electrons. The van der Waals surface area contributed by atoms with E-state index in [1.165, 1.54) is 30.3 Å². The number of amides is 1. The Hall–Kier alpha value is -2.92. The van der Waals surface area contributed by atoms with Crippen molar-refractivity contribution in [2.75, 3.05) is 19.0 Å². The Bertz CT molecular complexity index is 871. The average molecular weight is 401 g/mol. The van der Waals surface area contributed by atoms with Crippen LogP contribution in [0.1, 0.15) is 43.2 Å². The number of methoxy groups -OCH3 is 1. The number of hydrogen-bond acceptors (Lipinski definition) is 7. The number of aryl methyl sites for hydroxylation is 1. The predicted octanol–water partition coefficient (Wildman–Crippen LogP) is 4.36. The molecule has 0 saturated carbocycles. The van der Waals surface area contributed by atoms with Crippen molar-refractivity contribution in [3.05, 3.63) is 34.3 Å². The van der Waals surface area contributed by atoms with E-state index >= 15 is 0 Å². The van der Waals surface area contributed by atoms with Gasteiger partial charge in [0.05, 0.1) is 13.7 Å². The number of nitrogens with one attached hydrogen (secondary N) is 1. The summed E-state index contributed by atoms with van der Waals surface area (Å²) in [5, 5.41) is 20.7. The number of anilines is 1. The zero-order chi connectivity index (χ0) is 20.4. The quantitative estimate of drug-likeness (QED) is 0.361. The minimum Gasteiger partial charge on any atom is -0.493 e. The van der Waals surface area contributed by atoms with Gasteiger partial charge in [0.15, 0.2) is 11.5 Å². The monoisotopic (exact) mass is 400 g/mol. The molecule has 0 atom stereocenters. The number of rotatable bonds is 10. The van der Waals surface area contributed by atoms with Crippen LogP contribution in [0.3, 0.4) is 0 Å². The van der Waals surface area contributed by atoms with Crippen LogP contribution >= 0.6 is 11.3 Å². The molecule has 2 rings (SSSR count). The van der Waals surface area contributed by atoms with Gasteiger partial charge in [0, 0.05) is 0 Å². The third-order valence-corrected chi connectivity index (χ3v) is 4.62. The lowest BCUT2D eigenvalue weighted by atomic mass is 10.1. The van der Waals surface area contributed by atoms with Crippen LogP contribution < -0.4 is 14.8 Å². The van der Waals surface area contributed by atoms with Crippen LogP contribution in [-0.2, 0) is 4.79 Å². The second-order valence-corrected chi connectivity index (χ2v) is 7.25. The van der Waals surface area contributed by atoms with Crippen LogP contribution in [0.4, 0.5) is 5.13 Å². The van der Waals surface area contributed by atoms with Crippen molar-refractivity contribution in [3.63, 3.8) is 0 Å². The number of nitrogens with zero attached hydrogens (tertiary/aromatic N) is 3. The fourth-order valence-electron chi connectivity index (χ4n) is 2.43. The number of hydrogen-bond donors (Lipinski definition) is 1. The first kappa shape index (κ1) is 21.4. The summed E-state index contributed by atoms with van der Waals surface area (Å²) >= 11 is 1.24. The van der Waals surface area contributed by atoms with Crippen LogP contribution in [0.25, 0.3) is 6.08 Å². The fraction of sp³-hybridized carbons (Fsp3) is 0.400. The first-order valence-corrected chi connectivity index (χ1v) is 9.93. The minimum absolute atomic E-state index is 0.0388. The Labute approximate surface area is 169 Å². The van der Waals surface area contributed by atoms with E-state index in [1.54, 1.807) is 32.2 Å². The summed E-state index contributed by atoms with van der Waals surface area (Å²) in [4.78, 5) is 12.3. The highest BCUT2D eigenvalue weighted by molar-refractivity contribution is 7.15. The highest BCUT2D eigenvalue weighted by Crippen LogP contribution is 2.29. The molecule has 0 unspecified atom stereocenters. The van der Waals surface area contributed by atoms with E-state index in [0.717, 1.165) is 17.8 Å². The average Bonchev–Trinajstić information content (AvgIpc) is 3.10. The molecule has 1 N–H and O–H groups in total. The first-order valence-electron chi connectivity index (χ1n) is 9.11. The first-order chi connectivity index (χ1) is 13.6. The third kappa shape index (κ3) is 6.35. The van der Waals surface area contributed by atoms with Gasteiger partial charge in [-0.15, -0.1) is 10.2 Å². The highest BCUT2D eigenvalue weighted by Gasteiger charge is 2.13. The summed E-state index contributed by atoms with van der Waals surface area (Å²) in [5.41, 5.74) is 0.624. The number of ether oxygens (including phenoxy) is 2. The van der Waals surface area contributed by atoms with E-state index in [4.69, 9.17) is 9.47 Å². The van der Waals surface area contributed by atoms with Gasteiger partial charge in [0.2, 0.25) is 5.13 Å². The van der Waals surface area contributed by atoms with Gasteiger partial charge in [-0.3, -0.25) is 10.1 Å². The molecule has 2 aromatic rings. The largest absolute Gasteiger partial charge is 0.493 e. The maximum absolute atomic E-state index is 12.3. The topological polar surface area (TPSA) is 97.1 Å². The van der Waals surface area contributed by atoms with Crippen molar-refractivity contribution in [2.24, 2.45) is 0 Å². The van der Waals surface area contributed by atoms with Gasteiger partial charge in [-0.1, -0.05) is 43.6 Å². The smallest absolute Gasteiger partial charge is 0.268 e. The van der Waals surface area contributed by atoms with E-state index in [2.05, 4.69) is 22.4 Å². The van der Waals surface area contributed by atoms with Crippen LogP contribution in [0.2, 0.25) is 0 Å². The van der Waals surface area contributed by atoms with Gasteiger partial charge in [-0.25, -0.2) is 0 Å². The Kier molecular flexibility index (Phi) is 8.43. The lowest BCUT2D eigenvalue weighted by Crippen LogP contribution is -2.13. The molecule has 0 radical (unpaired) electrons. The molecule has 1 amide bonds. The Morgan fingerprint density at radius 2 is 2.11 bits per heavy atom. The summed E-state index contributed by atoms with van der Waals surface area (Å²) in [6, 6.07) is 7.22. The second-order valence-electron chi connectivity index (χ2n) is 6.07. The predicted molar refractivity (Wildman–Crippen MR) is 109 cm³/mol. The number of aromatic nitrogens is 2. The molecule has 28 heavy (non-hydrogen) atoms. The Morgan fingerprint density at radius 3 is 2.75 bits per heavy atom. The van der Waals surface area contributed by atoms with Crippen molar-refractivity contribution in [1.82, 2.24) is 10.2 Å². The number of carbonyl (C=O) groups is 1. The number of unbranched alkanes of at least 4 members (excludes halogenated alkanes) is 3. The molecule has 0 spiro atoms. The molecule has 1 aromatic carbocycles. The molecule has 0 bridgehead atoms. The lowest BCUT2D eigenvalue weighted by Gasteiger charge is -2.11. The minimum atomic E-state index is -0.533. The maximum Gasteiger partial charge on any atom is 0.268 e. The van der Waals surface area contributed by atoms with Crippen LogP contribution in [0, 0.1) is 18.3 Å². The molecule has 0 fully saturated rings. The Balaban J connectivity index is 2.07. The van der Waals surface area contributed by atoms with Crippen LogP contribution in [-0.4, -0.2) is 29.8 Å². The molecular formula is C20H24N4O3S. The molecule has 0 aliphatic carbocycles. The Morgan fingerprint density at radius 1 is 1.29 bits per heavy atom. The van der Waals surface area contributed by atoms with Gasteiger partial charge >= 0.3 is 0 Å². The molecule has 0 aliphatic rings. The number of nitriles is 1. The van der Waals surface area contributed by atoms with Gasteiger partial charge < -0.3 is 9.47 Å². The van der Waals surface area contributed by atoms with Crippen molar-refractivity contribution in [1.29, 1.82) is 5.26 Å². The zero-order valence-corrected chi connectivity index (χ0v) is 17.1. The molecule has 1 aromatic heterocycles. The van der Waals surface area contributed by atoms with Gasteiger partial charge in [0.1, 0.15) is 16.6 Å². The summed E-state index contributed by atoms with van der Waals surface area (Å²) in [5.74, 6) is 0.666. The highest BCUT2D eigenvalue weighted by atomic mass is 32.1. The van der Waals surface area contributed by atoms with Crippen molar-refractivity contribution in [2.45, 2.75) is 39.5 Å².